The van der Waals surface area contributed by atoms with Crippen molar-refractivity contribution in [2.75, 3.05) is 0 Å². The van der Waals surface area contributed by atoms with Gasteiger partial charge in [-0.3, -0.25) is 19.3 Å². The summed E-state index contributed by atoms with van der Waals surface area (Å²) >= 11 is 3.34. The van der Waals surface area contributed by atoms with Gasteiger partial charge in [-0.1, -0.05) is 40.2 Å². The Balaban J connectivity index is 1.71. The van der Waals surface area contributed by atoms with Crippen LogP contribution in [0.3, 0.4) is 0 Å². The first-order chi connectivity index (χ1) is 11.5. The van der Waals surface area contributed by atoms with Crippen LogP contribution in [0.2, 0.25) is 0 Å². The molecule has 1 saturated heterocycles. The summed E-state index contributed by atoms with van der Waals surface area (Å²) in [6, 6.07) is 6.36. The molecular weight excluding hydrogens is 374 g/mol. The van der Waals surface area contributed by atoms with E-state index in [1.807, 2.05) is 12.2 Å². The standard InChI is InChI=1S/C18H16BrNO4/c19-12-5-3-9(4-6-12)13(8-14(21)22)20-17(23)15-10-1-2-11(7-10)16(15)18(20)24/h1-6,10-11,13,15-16H,7-8H2,(H,21,22). The Morgan fingerprint density at radius 2 is 1.67 bits per heavy atom. The van der Waals surface area contributed by atoms with E-state index in [0.717, 1.165) is 10.9 Å². The van der Waals surface area contributed by atoms with Crippen molar-refractivity contribution >= 4 is 33.7 Å². The van der Waals surface area contributed by atoms with Gasteiger partial charge in [0.1, 0.15) is 0 Å². The van der Waals surface area contributed by atoms with Crippen molar-refractivity contribution in [3.63, 3.8) is 0 Å². The number of allylic oxidation sites excluding steroid dienone is 2. The second-order valence-electron chi connectivity index (χ2n) is 6.71. The highest BCUT2D eigenvalue weighted by molar-refractivity contribution is 9.10. The number of aliphatic carboxylic acids is 1. The van der Waals surface area contributed by atoms with Crippen molar-refractivity contribution in [2.24, 2.45) is 23.7 Å². The molecule has 1 aromatic rings. The van der Waals surface area contributed by atoms with Crippen LogP contribution in [0.25, 0.3) is 0 Å². The maximum Gasteiger partial charge on any atom is 0.305 e. The smallest absolute Gasteiger partial charge is 0.305 e. The van der Waals surface area contributed by atoms with Crippen molar-refractivity contribution in [1.29, 1.82) is 0 Å². The summed E-state index contributed by atoms with van der Waals surface area (Å²) in [5.74, 6) is -1.82. The third kappa shape index (κ3) is 2.24. The molecule has 0 spiro atoms. The SMILES string of the molecule is O=C(O)CC(c1ccc(Br)cc1)N1C(=O)C2C3C=CC(C3)C2C1=O. The number of rotatable bonds is 4. The minimum Gasteiger partial charge on any atom is -0.481 e. The van der Waals surface area contributed by atoms with Gasteiger partial charge in [-0.05, 0) is 36.0 Å². The number of imide groups is 1. The molecule has 0 radical (unpaired) electrons. The average Bonchev–Trinajstić information content (AvgIpc) is 3.20. The number of halogens is 1. The zero-order chi connectivity index (χ0) is 17.0. The molecule has 0 aromatic heterocycles. The van der Waals surface area contributed by atoms with Crippen LogP contribution in [0.15, 0.2) is 40.9 Å². The fraction of sp³-hybridized carbons (Fsp3) is 0.389. The van der Waals surface area contributed by atoms with Gasteiger partial charge < -0.3 is 5.11 Å². The normalized spacial score (nSPS) is 31.6. The quantitative estimate of drug-likeness (QED) is 0.634. The zero-order valence-electron chi connectivity index (χ0n) is 12.8. The molecule has 5 unspecified atom stereocenters. The number of carbonyl (C=O) groups is 3. The highest BCUT2D eigenvalue weighted by atomic mass is 79.9. The number of hydrogen-bond donors (Lipinski definition) is 1. The van der Waals surface area contributed by atoms with Crippen molar-refractivity contribution in [1.82, 2.24) is 4.90 Å². The molecule has 124 valence electrons. The maximum atomic E-state index is 12.9. The van der Waals surface area contributed by atoms with Gasteiger partial charge in [0, 0.05) is 4.47 Å². The number of hydrogen-bond acceptors (Lipinski definition) is 3. The lowest BCUT2D eigenvalue weighted by atomic mass is 9.85. The van der Waals surface area contributed by atoms with Gasteiger partial charge in [-0.25, -0.2) is 0 Å². The van der Waals surface area contributed by atoms with Crippen molar-refractivity contribution in [3.8, 4) is 0 Å². The number of carboxylic acids is 1. The van der Waals surface area contributed by atoms with Crippen LogP contribution in [-0.4, -0.2) is 27.8 Å². The Bertz CT molecular complexity index is 727. The summed E-state index contributed by atoms with van der Waals surface area (Å²) < 4.78 is 0.860. The molecule has 2 aliphatic carbocycles. The number of amides is 2. The van der Waals surface area contributed by atoms with E-state index in [4.69, 9.17) is 0 Å². The number of carboxylic acid groups (broad SMARTS) is 1. The molecule has 3 aliphatic rings. The predicted octanol–water partition coefficient (Wildman–Crippen LogP) is 2.77. The largest absolute Gasteiger partial charge is 0.481 e. The van der Waals surface area contributed by atoms with Crippen LogP contribution in [0.5, 0.6) is 0 Å². The minimum absolute atomic E-state index is 0.122. The third-order valence-electron chi connectivity index (χ3n) is 5.44. The second-order valence-corrected chi connectivity index (χ2v) is 7.63. The van der Waals surface area contributed by atoms with Gasteiger partial charge in [-0.15, -0.1) is 0 Å². The molecule has 1 aromatic carbocycles. The van der Waals surface area contributed by atoms with Gasteiger partial charge in [0.05, 0.1) is 24.3 Å². The fourth-order valence-corrected chi connectivity index (χ4v) is 4.71. The first-order valence-corrected chi connectivity index (χ1v) is 8.79. The Kier molecular flexibility index (Phi) is 3.60. The van der Waals surface area contributed by atoms with E-state index in [2.05, 4.69) is 15.9 Å². The number of nitrogens with zero attached hydrogens (tertiary/aromatic N) is 1. The summed E-state index contributed by atoms with van der Waals surface area (Å²) in [6.45, 7) is 0. The number of benzene rings is 1. The summed E-state index contributed by atoms with van der Waals surface area (Å²) in [6.07, 6.45) is 4.66. The Hall–Kier alpha value is -1.95. The van der Waals surface area contributed by atoms with Crippen molar-refractivity contribution < 1.29 is 19.5 Å². The average molecular weight is 390 g/mol. The molecular formula is C18H16BrNO4. The van der Waals surface area contributed by atoms with Gasteiger partial charge in [0.2, 0.25) is 11.8 Å². The Morgan fingerprint density at radius 3 is 2.17 bits per heavy atom. The van der Waals surface area contributed by atoms with Crippen LogP contribution in [-0.2, 0) is 14.4 Å². The van der Waals surface area contributed by atoms with E-state index in [0.29, 0.717) is 5.56 Å². The van der Waals surface area contributed by atoms with Gasteiger partial charge >= 0.3 is 5.97 Å². The first-order valence-electron chi connectivity index (χ1n) is 8.00. The molecule has 2 bridgehead atoms. The van der Waals surface area contributed by atoms with Crippen molar-refractivity contribution in [3.05, 3.63) is 46.5 Å². The van der Waals surface area contributed by atoms with Crippen LogP contribution >= 0.6 is 15.9 Å². The predicted molar refractivity (Wildman–Crippen MR) is 88.7 cm³/mol. The van der Waals surface area contributed by atoms with Crippen LogP contribution in [0.1, 0.15) is 24.4 Å². The Labute approximate surface area is 147 Å². The lowest BCUT2D eigenvalue weighted by Gasteiger charge is -2.27. The molecule has 5 nitrogen and oxygen atoms in total. The number of likely N-dealkylation sites (tertiary alicyclic amines) is 1. The molecule has 1 heterocycles. The molecule has 24 heavy (non-hydrogen) atoms. The first kappa shape index (κ1) is 15.6. The Morgan fingerprint density at radius 1 is 1.12 bits per heavy atom. The molecule has 5 atom stereocenters. The fourth-order valence-electron chi connectivity index (χ4n) is 4.44. The van der Waals surface area contributed by atoms with Crippen LogP contribution in [0.4, 0.5) is 0 Å². The monoisotopic (exact) mass is 389 g/mol. The van der Waals surface area contributed by atoms with E-state index < -0.39 is 12.0 Å². The summed E-state index contributed by atoms with van der Waals surface area (Å²) in [5, 5.41) is 9.28. The molecule has 4 rings (SSSR count). The van der Waals surface area contributed by atoms with E-state index in [9.17, 15) is 19.5 Å². The summed E-state index contributed by atoms with van der Waals surface area (Å²) in [4.78, 5) is 38.4. The molecule has 2 fully saturated rings. The van der Waals surface area contributed by atoms with E-state index in [1.54, 1.807) is 24.3 Å². The van der Waals surface area contributed by atoms with E-state index in [-0.39, 0.29) is 41.9 Å². The highest BCUT2D eigenvalue weighted by Gasteiger charge is 2.60. The molecule has 1 N–H and O–H groups in total. The van der Waals surface area contributed by atoms with Crippen LogP contribution in [0, 0.1) is 23.7 Å². The second kappa shape index (κ2) is 5.55. The third-order valence-corrected chi connectivity index (χ3v) is 5.97. The summed E-state index contributed by atoms with van der Waals surface area (Å²) in [7, 11) is 0. The van der Waals surface area contributed by atoms with E-state index >= 15 is 0 Å². The van der Waals surface area contributed by atoms with E-state index in [1.165, 1.54) is 4.90 Å². The zero-order valence-corrected chi connectivity index (χ0v) is 14.3. The van der Waals surface area contributed by atoms with Gasteiger partial charge in [0.25, 0.3) is 0 Å². The lowest BCUT2D eigenvalue weighted by Crippen LogP contribution is -2.37. The highest BCUT2D eigenvalue weighted by Crippen LogP contribution is 2.54. The molecule has 2 amide bonds. The maximum absolute atomic E-state index is 12.9. The number of carbonyl (C=O) groups excluding carboxylic acids is 2. The molecule has 6 heteroatoms. The number of fused-ring (bicyclic) bond motifs is 5. The van der Waals surface area contributed by atoms with Gasteiger partial charge in [-0.2, -0.15) is 0 Å². The molecule has 1 aliphatic heterocycles. The summed E-state index contributed by atoms with van der Waals surface area (Å²) in [5.41, 5.74) is 0.669. The minimum atomic E-state index is -1.03. The van der Waals surface area contributed by atoms with Crippen molar-refractivity contribution in [2.45, 2.75) is 18.9 Å². The lowest BCUT2D eigenvalue weighted by molar-refractivity contribution is -0.146. The van der Waals surface area contributed by atoms with Crippen LogP contribution < -0.4 is 0 Å². The van der Waals surface area contributed by atoms with Gasteiger partial charge in [0.15, 0.2) is 0 Å². The molecule has 1 saturated carbocycles. The topological polar surface area (TPSA) is 74.7 Å².